The van der Waals surface area contributed by atoms with Gasteiger partial charge >= 0.3 is 12.4 Å². The number of halogens is 6. The minimum atomic E-state index is -4.89. The number of fused-ring (bicyclic) bond motifs is 1. The molecule has 1 atom stereocenters. The number of hydrogen-bond donors (Lipinski definition) is 2. The first-order valence-electron chi connectivity index (χ1n) is 15.6. The molecule has 0 spiro atoms. The Morgan fingerprint density at radius 3 is 2.31 bits per heavy atom. The second-order valence-corrected chi connectivity index (χ2v) is 12.0. The molecule has 2 aromatic carbocycles. The summed E-state index contributed by atoms with van der Waals surface area (Å²) >= 11 is 0. The maximum Gasteiger partial charge on any atom is 0.416 e. The van der Waals surface area contributed by atoms with Crippen molar-refractivity contribution in [2.75, 3.05) is 39.4 Å². The van der Waals surface area contributed by atoms with Crippen molar-refractivity contribution < 1.29 is 35.9 Å². The third-order valence-electron chi connectivity index (χ3n) is 8.89. The van der Waals surface area contributed by atoms with Crippen molar-refractivity contribution in [1.29, 1.82) is 0 Å². The van der Waals surface area contributed by atoms with Crippen LogP contribution in [0.2, 0.25) is 0 Å². The van der Waals surface area contributed by atoms with E-state index in [1.807, 2.05) is 4.90 Å². The number of morpholine rings is 1. The highest BCUT2D eigenvalue weighted by atomic mass is 19.4. The van der Waals surface area contributed by atoms with Gasteiger partial charge in [-0.2, -0.15) is 26.3 Å². The van der Waals surface area contributed by atoms with E-state index in [2.05, 4.69) is 20.2 Å². The zero-order chi connectivity index (χ0) is 34.1. The van der Waals surface area contributed by atoms with Crippen LogP contribution in [-0.4, -0.2) is 77.3 Å². The molecule has 0 radical (unpaired) electrons. The molecule has 0 bridgehead atoms. The summed E-state index contributed by atoms with van der Waals surface area (Å²) in [6.07, 6.45) is -8.04. The number of nitrogens with one attached hydrogen (secondary N) is 2. The van der Waals surface area contributed by atoms with Crippen LogP contribution in [0.1, 0.15) is 45.9 Å². The summed E-state index contributed by atoms with van der Waals surface area (Å²) < 4.78 is 90.2. The number of carbonyl (C=O) groups is 1. The summed E-state index contributed by atoms with van der Waals surface area (Å²) in [7, 11) is 0. The number of hydrogen-bond acceptors (Lipinski definition) is 6. The van der Waals surface area contributed by atoms with Gasteiger partial charge in [-0.1, -0.05) is 42.5 Å². The lowest BCUT2D eigenvalue weighted by Gasteiger charge is -2.40. The zero-order valence-electron chi connectivity index (χ0n) is 25.7. The Labute approximate surface area is 271 Å². The van der Waals surface area contributed by atoms with E-state index in [0.29, 0.717) is 32.3 Å². The van der Waals surface area contributed by atoms with Crippen LogP contribution in [0, 0.1) is 0 Å². The first-order chi connectivity index (χ1) is 22.9. The molecule has 0 aliphatic carbocycles. The van der Waals surface area contributed by atoms with Gasteiger partial charge in [0.05, 0.1) is 41.1 Å². The normalized spacial score (nSPS) is 17.8. The van der Waals surface area contributed by atoms with E-state index in [4.69, 9.17) is 4.74 Å². The average molecular weight is 674 g/mol. The lowest BCUT2D eigenvalue weighted by Crippen LogP contribution is -2.49. The van der Waals surface area contributed by atoms with Crippen molar-refractivity contribution in [3.05, 3.63) is 99.3 Å². The number of benzene rings is 2. The maximum atomic E-state index is 14.4. The quantitative estimate of drug-likeness (QED) is 0.236. The van der Waals surface area contributed by atoms with Crippen molar-refractivity contribution in [2.45, 2.75) is 43.8 Å². The van der Waals surface area contributed by atoms with Crippen LogP contribution in [0.4, 0.5) is 26.3 Å². The van der Waals surface area contributed by atoms with Crippen LogP contribution >= 0.6 is 0 Å². The Bertz CT molecular complexity index is 1810. The van der Waals surface area contributed by atoms with Crippen LogP contribution in [-0.2, 0) is 17.5 Å². The number of carbonyl (C=O) groups excluding carboxylic acids is 1. The van der Waals surface area contributed by atoms with Crippen LogP contribution in [0.3, 0.4) is 0 Å². The molecule has 2 aromatic heterocycles. The highest BCUT2D eigenvalue weighted by Crippen LogP contribution is 2.37. The molecular weight excluding hydrogens is 640 g/mol. The summed E-state index contributed by atoms with van der Waals surface area (Å²) in [6.45, 7) is 4.00. The number of rotatable bonds is 7. The maximum absolute atomic E-state index is 14.4. The second kappa shape index (κ2) is 13.7. The minimum absolute atomic E-state index is 0.00405. The first kappa shape index (κ1) is 33.6. The Kier molecular flexibility index (Phi) is 9.59. The van der Waals surface area contributed by atoms with Crippen molar-refractivity contribution in [3.63, 3.8) is 0 Å². The van der Waals surface area contributed by atoms with Gasteiger partial charge in [0, 0.05) is 42.9 Å². The largest absolute Gasteiger partial charge is 0.416 e. The van der Waals surface area contributed by atoms with Gasteiger partial charge in [0.25, 0.3) is 5.91 Å². The fourth-order valence-electron chi connectivity index (χ4n) is 6.51. The van der Waals surface area contributed by atoms with Gasteiger partial charge in [-0.3, -0.25) is 19.4 Å². The SMILES string of the molecule is O=C(N[C@H](c1ccccc1)C(F)(F)F)c1c(CN2CCC(N3CCOCC3)CC2)c(-c2cccc(C(F)(F)F)c2)nc2ccc(=O)[nH]c12. The Morgan fingerprint density at radius 2 is 1.65 bits per heavy atom. The zero-order valence-corrected chi connectivity index (χ0v) is 25.7. The van der Waals surface area contributed by atoms with E-state index >= 15 is 0 Å². The lowest BCUT2D eigenvalue weighted by atomic mass is 9.95. The number of ether oxygens (including phenoxy) is 1. The van der Waals surface area contributed by atoms with E-state index in [1.165, 1.54) is 42.5 Å². The molecule has 4 aromatic rings. The number of aromatic nitrogens is 2. The minimum Gasteiger partial charge on any atom is -0.379 e. The van der Waals surface area contributed by atoms with Gasteiger partial charge in [0.2, 0.25) is 5.56 Å². The summed E-state index contributed by atoms with van der Waals surface area (Å²) in [6, 6.07) is 11.6. The van der Waals surface area contributed by atoms with E-state index < -0.39 is 35.4 Å². The van der Waals surface area contributed by atoms with Crippen molar-refractivity contribution in [2.24, 2.45) is 0 Å². The number of amides is 1. The number of nitrogens with zero attached hydrogens (tertiary/aromatic N) is 3. The van der Waals surface area contributed by atoms with E-state index in [1.54, 1.807) is 6.07 Å². The highest BCUT2D eigenvalue weighted by Gasteiger charge is 2.43. The lowest BCUT2D eigenvalue weighted by molar-refractivity contribution is -0.155. The molecule has 254 valence electrons. The fourth-order valence-corrected chi connectivity index (χ4v) is 6.51. The molecule has 2 fully saturated rings. The molecule has 0 saturated carbocycles. The molecule has 0 unspecified atom stereocenters. The molecular formula is C34H33F6N5O3. The van der Waals surface area contributed by atoms with E-state index in [9.17, 15) is 35.9 Å². The van der Waals surface area contributed by atoms with Crippen LogP contribution in [0.5, 0.6) is 0 Å². The number of H-pyrrole nitrogens is 1. The van der Waals surface area contributed by atoms with Crippen LogP contribution in [0.15, 0.2) is 71.5 Å². The van der Waals surface area contributed by atoms with Crippen LogP contribution < -0.4 is 10.9 Å². The van der Waals surface area contributed by atoms with Crippen molar-refractivity contribution >= 4 is 16.9 Å². The molecule has 14 heteroatoms. The molecule has 2 N–H and O–H groups in total. The van der Waals surface area contributed by atoms with Gasteiger partial charge < -0.3 is 15.0 Å². The van der Waals surface area contributed by atoms with E-state index in [0.717, 1.165) is 44.1 Å². The van der Waals surface area contributed by atoms with Crippen LogP contribution in [0.25, 0.3) is 22.3 Å². The number of likely N-dealkylation sites (tertiary alicyclic amines) is 1. The third kappa shape index (κ3) is 7.40. The number of pyridine rings is 2. The summed E-state index contributed by atoms with van der Waals surface area (Å²) in [4.78, 5) is 38.2. The van der Waals surface area contributed by atoms with Gasteiger partial charge in [0.1, 0.15) is 0 Å². The molecule has 2 aliphatic rings. The van der Waals surface area contributed by atoms with Gasteiger partial charge in [-0.25, -0.2) is 4.98 Å². The number of piperidine rings is 1. The molecule has 1 amide bonds. The fraction of sp³-hybridized carbons (Fsp3) is 0.382. The Hall–Kier alpha value is -4.27. The average Bonchev–Trinajstić information content (AvgIpc) is 3.07. The second-order valence-electron chi connectivity index (χ2n) is 12.0. The Balaban J connectivity index is 1.47. The number of alkyl halides is 6. The molecule has 8 nitrogen and oxygen atoms in total. The topological polar surface area (TPSA) is 90.6 Å². The van der Waals surface area contributed by atoms with Gasteiger partial charge in [0.15, 0.2) is 6.04 Å². The third-order valence-corrected chi connectivity index (χ3v) is 8.89. The molecule has 6 rings (SSSR count). The highest BCUT2D eigenvalue weighted by molar-refractivity contribution is 6.07. The summed E-state index contributed by atoms with van der Waals surface area (Å²) in [5, 5.41) is 2.11. The summed E-state index contributed by atoms with van der Waals surface area (Å²) in [5.41, 5.74) is -2.01. The van der Waals surface area contributed by atoms with Crippen molar-refractivity contribution in [3.8, 4) is 11.3 Å². The Morgan fingerprint density at radius 1 is 0.938 bits per heavy atom. The predicted molar refractivity (Wildman–Crippen MR) is 166 cm³/mol. The first-order valence-corrected chi connectivity index (χ1v) is 15.6. The van der Waals surface area contributed by atoms with E-state index in [-0.39, 0.29) is 45.5 Å². The smallest absolute Gasteiger partial charge is 0.379 e. The summed E-state index contributed by atoms with van der Waals surface area (Å²) in [5.74, 6) is -1.15. The molecule has 4 heterocycles. The van der Waals surface area contributed by atoms with Gasteiger partial charge in [-0.05, 0) is 49.7 Å². The number of aromatic amines is 1. The van der Waals surface area contributed by atoms with Crippen molar-refractivity contribution in [1.82, 2.24) is 25.1 Å². The molecule has 2 aliphatic heterocycles. The predicted octanol–water partition coefficient (Wildman–Crippen LogP) is 5.94. The molecule has 48 heavy (non-hydrogen) atoms. The molecule has 2 saturated heterocycles. The monoisotopic (exact) mass is 673 g/mol. The standard InChI is InChI=1S/C34H33F6N5O3/c35-33(36,37)23-8-4-7-22(19-23)29-25(20-44-13-11-24(12-14-44)45-15-17-48-18-16-45)28(30-26(41-29)9-10-27(46)42-30)32(47)43-31(34(38,39)40)21-5-2-1-3-6-21/h1-10,19,24,31H,11-18,20H2,(H,42,46)(H,43,47)/t31-/m1/s1. The van der Waals surface area contributed by atoms with Gasteiger partial charge in [-0.15, -0.1) is 0 Å².